The summed E-state index contributed by atoms with van der Waals surface area (Å²) in [6.45, 7) is 0. The van der Waals surface area contributed by atoms with Crippen LogP contribution in [0.4, 0.5) is 0 Å². The van der Waals surface area contributed by atoms with E-state index in [9.17, 15) is 15.0 Å². The molecule has 0 aliphatic heterocycles. The molecule has 118 valence electrons. The lowest BCUT2D eigenvalue weighted by atomic mass is 10.1. The zero-order valence-corrected chi connectivity index (χ0v) is 12.5. The number of phenolic OH excluding ortho intramolecular Hbond substituents is 2. The molecule has 6 nitrogen and oxygen atoms in total. The number of benzene rings is 3. The molecular weight excluding hydrogens is 306 g/mol. The second-order valence-corrected chi connectivity index (χ2v) is 5.39. The molecule has 0 unspecified atom stereocenters. The second kappa shape index (κ2) is 5.27. The third kappa shape index (κ3) is 2.13. The van der Waals surface area contributed by atoms with Gasteiger partial charge in [0.2, 0.25) is 0 Å². The van der Waals surface area contributed by atoms with Crippen molar-refractivity contribution < 1.29 is 10.2 Å². The van der Waals surface area contributed by atoms with Crippen LogP contribution in [0.1, 0.15) is 0 Å². The number of aromatic amines is 1. The first-order valence-corrected chi connectivity index (χ1v) is 7.33. The number of hydrogen-bond donors (Lipinski definition) is 3. The summed E-state index contributed by atoms with van der Waals surface area (Å²) >= 11 is 0. The van der Waals surface area contributed by atoms with Gasteiger partial charge in [-0.1, -0.05) is 36.4 Å². The van der Waals surface area contributed by atoms with E-state index in [0.29, 0.717) is 11.3 Å². The minimum absolute atomic E-state index is 0.0640. The molecule has 0 fully saturated rings. The molecule has 6 heteroatoms. The molecule has 4 aromatic rings. The SMILES string of the molecule is O=c1[nH]nc(-c2ccc(O)cc2O)n1-c1cccc2ccccc12. The van der Waals surface area contributed by atoms with Gasteiger partial charge in [-0.25, -0.2) is 14.5 Å². The minimum Gasteiger partial charge on any atom is -0.508 e. The van der Waals surface area contributed by atoms with Crippen molar-refractivity contribution in [2.24, 2.45) is 0 Å². The van der Waals surface area contributed by atoms with Crippen molar-refractivity contribution in [3.05, 3.63) is 71.1 Å². The first-order chi connectivity index (χ1) is 11.6. The Morgan fingerprint density at radius 3 is 2.58 bits per heavy atom. The van der Waals surface area contributed by atoms with Gasteiger partial charge in [-0.2, -0.15) is 5.10 Å². The quantitative estimate of drug-likeness (QED) is 0.530. The van der Waals surface area contributed by atoms with Gasteiger partial charge in [0.1, 0.15) is 11.5 Å². The topological polar surface area (TPSA) is 91.1 Å². The molecule has 0 saturated carbocycles. The molecule has 0 atom stereocenters. The van der Waals surface area contributed by atoms with E-state index in [0.717, 1.165) is 10.8 Å². The lowest BCUT2D eigenvalue weighted by Gasteiger charge is -2.10. The summed E-state index contributed by atoms with van der Waals surface area (Å²) in [5.41, 5.74) is 0.599. The lowest BCUT2D eigenvalue weighted by molar-refractivity contribution is 0.451. The average Bonchev–Trinajstić information content (AvgIpc) is 2.95. The predicted molar refractivity (Wildman–Crippen MR) is 90.5 cm³/mol. The highest BCUT2D eigenvalue weighted by Gasteiger charge is 2.17. The monoisotopic (exact) mass is 319 g/mol. The molecule has 0 spiro atoms. The fourth-order valence-electron chi connectivity index (χ4n) is 2.81. The fraction of sp³-hybridized carbons (Fsp3) is 0. The van der Waals surface area contributed by atoms with E-state index in [1.807, 2.05) is 42.5 Å². The third-order valence-electron chi connectivity index (χ3n) is 3.90. The fourth-order valence-corrected chi connectivity index (χ4v) is 2.81. The first-order valence-electron chi connectivity index (χ1n) is 7.33. The molecule has 3 aromatic carbocycles. The summed E-state index contributed by atoms with van der Waals surface area (Å²) in [6, 6.07) is 17.5. The number of nitrogens with one attached hydrogen (secondary N) is 1. The second-order valence-electron chi connectivity index (χ2n) is 5.39. The van der Waals surface area contributed by atoms with Gasteiger partial charge in [0, 0.05) is 11.5 Å². The molecular formula is C18H13N3O3. The number of hydrogen-bond acceptors (Lipinski definition) is 4. The maximum Gasteiger partial charge on any atom is 0.348 e. The molecule has 24 heavy (non-hydrogen) atoms. The predicted octanol–water partition coefficient (Wildman–Crippen LogP) is 2.79. The van der Waals surface area contributed by atoms with Crippen molar-refractivity contribution in [2.45, 2.75) is 0 Å². The minimum atomic E-state index is -0.408. The summed E-state index contributed by atoms with van der Waals surface area (Å²) in [7, 11) is 0. The van der Waals surface area contributed by atoms with Crippen LogP contribution in [-0.4, -0.2) is 25.0 Å². The molecule has 0 radical (unpaired) electrons. The lowest BCUT2D eigenvalue weighted by Crippen LogP contribution is -2.16. The zero-order chi connectivity index (χ0) is 16.7. The van der Waals surface area contributed by atoms with E-state index in [2.05, 4.69) is 10.2 Å². The molecule has 3 N–H and O–H groups in total. The van der Waals surface area contributed by atoms with Crippen molar-refractivity contribution in [3.8, 4) is 28.6 Å². The van der Waals surface area contributed by atoms with Crippen molar-refractivity contribution in [1.29, 1.82) is 0 Å². The first kappa shape index (κ1) is 14.1. The van der Waals surface area contributed by atoms with Crippen LogP contribution in [0.25, 0.3) is 27.8 Å². The third-order valence-corrected chi connectivity index (χ3v) is 3.90. The summed E-state index contributed by atoms with van der Waals surface area (Å²) in [5.74, 6) is 0.0511. The van der Waals surface area contributed by atoms with Gasteiger partial charge in [0.05, 0.1) is 11.3 Å². The zero-order valence-electron chi connectivity index (χ0n) is 12.5. The highest BCUT2D eigenvalue weighted by Crippen LogP contribution is 2.32. The Morgan fingerprint density at radius 1 is 0.958 bits per heavy atom. The highest BCUT2D eigenvalue weighted by molar-refractivity contribution is 5.90. The Balaban J connectivity index is 2.03. The standard InChI is InChI=1S/C18H13N3O3/c22-12-8-9-14(16(23)10-12)17-19-20-18(24)21(17)15-7-3-5-11-4-1-2-6-13(11)15/h1-10,22-23H,(H,20,24). The summed E-state index contributed by atoms with van der Waals surface area (Å²) in [5, 5.41) is 27.9. The van der Waals surface area contributed by atoms with Crippen LogP contribution in [-0.2, 0) is 0 Å². The van der Waals surface area contributed by atoms with Gasteiger partial charge in [0.15, 0.2) is 5.82 Å². The van der Waals surface area contributed by atoms with Crippen molar-refractivity contribution >= 4 is 10.8 Å². The van der Waals surface area contributed by atoms with Gasteiger partial charge in [0.25, 0.3) is 0 Å². The Bertz CT molecular complexity index is 1110. The van der Waals surface area contributed by atoms with Crippen LogP contribution in [0.3, 0.4) is 0 Å². The van der Waals surface area contributed by atoms with Crippen LogP contribution >= 0.6 is 0 Å². The normalized spacial score (nSPS) is 11.0. The van der Waals surface area contributed by atoms with E-state index >= 15 is 0 Å². The maximum absolute atomic E-state index is 12.3. The van der Waals surface area contributed by atoms with Crippen molar-refractivity contribution in [3.63, 3.8) is 0 Å². The Hall–Kier alpha value is -3.54. The number of fused-ring (bicyclic) bond motifs is 1. The molecule has 0 aliphatic carbocycles. The van der Waals surface area contributed by atoms with E-state index in [-0.39, 0.29) is 17.3 Å². The van der Waals surface area contributed by atoms with Crippen LogP contribution in [0.5, 0.6) is 11.5 Å². The molecule has 0 amide bonds. The largest absolute Gasteiger partial charge is 0.508 e. The average molecular weight is 319 g/mol. The Labute approximate surface area is 136 Å². The number of aromatic hydroxyl groups is 2. The van der Waals surface area contributed by atoms with Crippen LogP contribution in [0.15, 0.2) is 65.5 Å². The Morgan fingerprint density at radius 2 is 1.75 bits per heavy atom. The molecule has 0 aliphatic rings. The van der Waals surface area contributed by atoms with Crippen LogP contribution < -0.4 is 5.69 Å². The van der Waals surface area contributed by atoms with E-state index in [1.165, 1.54) is 22.8 Å². The van der Waals surface area contributed by atoms with E-state index in [4.69, 9.17) is 0 Å². The summed E-state index contributed by atoms with van der Waals surface area (Å²) in [4.78, 5) is 12.3. The summed E-state index contributed by atoms with van der Waals surface area (Å²) < 4.78 is 1.41. The van der Waals surface area contributed by atoms with Gasteiger partial charge in [-0.3, -0.25) is 0 Å². The molecule has 4 rings (SSSR count). The number of phenols is 2. The maximum atomic E-state index is 12.3. The van der Waals surface area contributed by atoms with Crippen molar-refractivity contribution in [1.82, 2.24) is 14.8 Å². The number of aromatic nitrogens is 3. The number of rotatable bonds is 2. The van der Waals surface area contributed by atoms with E-state index < -0.39 is 5.69 Å². The smallest absolute Gasteiger partial charge is 0.348 e. The van der Waals surface area contributed by atoms with Crippen molar-refractivity contribution in [2.75, 3.05) is 0 Å². The molecule has 0 bridgehead atoms. The highest BCUT2D eigenvalue weighted by atomic mass is 16.3. The number of H-pyrrole nitrogens is 1. The number of nitrogens with zero attached hydrogens (tertiary/aromatic N) is 2. The molecule has 1 aromatic heterocycles. The van der Waals surface area contributed by atoms with E-state index in [1.54, 1.807) is 0 Å². The van der Waals surface area contributed by atoms with Gasteiger partial charge in [-0.05, 0) is 23.6 Å². The van der Waals surface area contributed by atoms with Gasteiger partial charge < -0.3 is 10.2 Å². The van der Waals surface area contributed by atoms with Crippen LogP contribution in [0, 0.1) is 0 Å². The molecule has 1 heterocycles. The van der Waals surface area contributed by atoms with Gasteiger partial charge in [-0.15, -0.1) is 0 Å². The van der Waals surface area contributed by atoms with Gasteiger partial charge >= 0.3 is 5.69 Å². The molecule has 0 saturated heterocycles. The summed E-state index contributed by atoms with van der Waals surface area (Å²) in [6.07, 6.45) is 0. The Kier molecular flexibility index (Phi) is 3.09. The van der Waals surface area contributed by atoms with Crippen LogP contribution in [0.2, 0.25) is 0 Å².